The van der Waals surface area contributed by atoms with Gasteiger partial charge in [0.25, 0.3) is 0 Å². The van der Waals surface area contributed by atoms with Crippen molar-refractivity contribution in [3.8, 4) is 9.75 Å². The number of allylic oxidation sites excluding steroid dienone is 5. The summed E-state index contributed by atoms with van der Waals surface area (Å²) in [5, 5.41) is 5.42. The van der Waals surface area contributed by atoms with Gasteiger partial charge in [-0.1, -0.05) is 68.3 Å². The Hall–Kier alpha value is -1.85. The maximum atomic E-state index is 4.28. The van der Waals surface area contributed by atoms with Crippen LogP contribution in [0.2, 0.25) is 0 Å². The average molecular weight is 437 g/mol. The van der Waals surface area contributed by atoms with E-state index in [1.807, 2.05) is 0 Å². The molecule has 4 rings (SSSR count). The maximum absolute atomic E-state index is 4.28. The Morgan fingerprint density at radius 3 is 2.68 bits per heavy atom. The predicted molar refractivity (Wildman–Crippen MR) is 132 cm³/mol. The topological polar surface area (TPSA) is 0 Å². The monoisotopic (exact) mass is 436 g/mol. The van der Waals surface area contributed by atoms with Crippen LogP contribution in [0.15, 0.2) is 82.5 Å². The summed E-state index contributed by atoms with van der Waals surface area (Å²) < 4.78 is 1.11. The minimum absolute atomic E-state index is 0.378. The van der Waals surface area contributed by atoms with Crippen molar-refractivity contribution >= 4 is 63.3 Å². The molecule has 0 bridgehead atoms. The third kappa shape index (κ3) is 4.26. The highest BCUT2D eigenvalue weighted by Gasteiger charge is 2.16. The Balaban J connectivity index is 1.64. The predicted octanol–water partition coefficient (Wildman–Crippen LogP) is 7.15. The van der Waals surface area contributed by atoms with Gasteiger partial charge in [-0.2, -0.15) is 0 Å². The van der Waals surface area contributed by atoms with Gasteiger partial charge in [-0.05, 0) is 45.8 Å². The molecule has 0 spiro atoms. The van der Waals surface area contributed by atoms with Gasteiger partial charge in [-0.15, -0.1) is 34.0 Å². The Kier molecular flexibility index (Phi) is 6.02. The molecule has 0 aromatic carbocycles. The molecule has 1 aliphatic rings. The Morgan fingerprint density at radius 2 is 1.93 bits per heavy atom. The minimum atomic E-state index is 0.378. The van der Waals surface area contributed by atoms with Gasteiger partial charge in [0.1, 0.15) is 0 Å². The second-order valence-corrected chi connectivity index (χ2v) is 10.6. The van der Waals surface area contributed by atoms with Crippen LogP contribution in [0.25, 0.3) is 27.3 Å². The van der Waals surface area contributed by atoms with Gasteiger partial charge in [0.05, 0.1) is 0 Å². The molecule has 0 radical (unpaired) electrons. The van der Waals surface area contributed by atoms with E-state index in [1.54, 1.807) is 45.8 Å². The van der Waals surface area contributed by atoms with Crippen molar-refractivity contribution in [1.29, 1.82) is 0 Å². The fraction of sp³-hybridized carbons (Fsp3) is 0.0833. The average Bonchev–Trinajstić information content (AvgIpc) is 3.43. The van der Waals surface area contributed by atoms with Gasteiger partial charge < -0.3 is 0 Å². The molecule has 28 heavy (non-hydrogen) atoms. The SMILES string of the molecule is C=C(SC1=CC=CC(C)/C1=C\C=c1\cc(-c2cccs2)sc1=C)c1cccs1. The first-order valence-corrected chi connectivity index (χ1v) is 12.3. The van der Waals surface area contributed by atoms with Crippen LogP contribution in [-0.2, 0) is 0 Å². The lowest BCUT2D eigenvalue weighted by molar-refractivity contribution is 0.880. The zero-order valence-electron chi connectivity index (χ0n) is 15.6. The normalized spacial score (nSPS) is 18.6. The van der Waals surface area contributed by atoms with Gasteiger partial charge in [0.15, 0.2) is 0 Å². The van der Waals surface area contributed by atoms with Crippen LogP contribution in [-0.4, -0.2) is 0 Å². The summed E-state index contributed by atoms with van der Waals surface area (Å²) in [6.07, 6.45) is 11.1. The summed E-state index contributed by atoms with van der Waals surface area (Å²) in [4.78, 5) is 6.19. The zero-order valence-corrected chi connectivity index (χ0v) is 18.8. The van der Waals surface area contributed by atoms with E-state index in [2.05, 4.69) is 91.6 Å². The lowest BCUT2D eigenvalue weighted by Crippen LogP contribution is -2.15. The highest BCUT2D eigenvalue weighted by molar-refractivity contribution is 8.12. The quantitative estimate of drug-likeness (QED) is 0.409. The van der Waals surface area contributed by atoms with Crippen molar-refractivity contribution in [1.82, 2.24) is 0 Å². The van der Waals surface area contributed by atoms with Crippen molar-refractivity contribution < 1.29 is 0 Å². The van der Waals surface area contributed by atoms with E-state index < -0.39 is 0 Å². The number of rotatable bonds is 5. The molecular formula is C24H20S4. The van der Waals surface area contributed by atoms with Gasteiger partial charge >= 0.3 is 0 Å². The van der Waals surface area contributed by atoms with Gasteiger partial charge in [0, 0.05) is 34.9 Å². The molecule has 0 saturated carbocycles. The Morgan fingerprint density at radius 1 is 1.11 bits per heavy atom. The molecule has 140 valence electrons. The second-order valence-electron chi connectivity index (χ2n) is 6.46. The summed E-state index contributed by atoms with van der Waals surface area (Å²) in [7, 11) is 0. The largest absolute Gasteiger partial charge is 0.143 e. The first kappa shape index (κ1) is 19.5. The molecule has 0 saturated heterocycles. The number of hydrogen-bond acceptors (Lipinski definition) is 4. The molecule has 3 aromatic rings. The zero-order chi connectivity index (χ0) is 19.5. The molecule has 1 atom stereocenters. The second kappa shape index (κ2) is 8.66. The van der Waals surface area contributed by atoms with Crippen LogP contribution in [0, 0.1) is 5.92 Å². The summed E-state index contributed by atoms with van der Waals surface area (Å²) in [6, 6.07) is 10.7. The standard InChI is InChI=1S/C24H20S4/c1-16-7-4-8-22(28-18(3)21-9-5-13-25-21)20(16)12-11-19-15-24(27-17(19)2)23-10-6-14-26-23/h4-16H,2-3H2,1H3/b19-11-,20-12+. The highest BCUT2D eigenvalue weighted by atomic mass is 32.2. The van der Waals surface area contributed by atoms with Gasteiger partial charge in [-0.25, -0.2) is 0 Å². The van der Waals surface area contributed by atoms with E-state index in [0.29, 0.717) is 5.92 Å². The fourth-order valence-electron chi connectivity index (χ4n) is 2.98. The molecule has 1 aliphatic carbocycles. The molecule has 0 nitrogen and oxygen atoms in total. The lowest BCUT2D eigenvalue weighted by atomic mass is 9.95. The number of hydrogen-bond donors (Lipinski definition) is 0. The van der Waals surface area contributed by atoms with Crippen LogP contribution in [0.4, 0.5) is 0 Å². The third-order valence-corrected chi connectivity index (χ3v) is 8.69. The Labute approximate surface area is 182 Å². The van der Waals surface area contributed by atoms with Crippen molar-refractivity contribution in [3.63, 3.8) is 0 Å². The van der Waals surface area contributed by atoms with E-state index in [-0.39, 0.29) is 0 Å². The van der Waals surface area contributed by atoms with E-state index in [4.69, 9.17) is 0 Å². The first-order valence-electron chi connectivity index (χ1n) is 8.96. The van der Waals surface area contributed by atoms with Gasteiger partial charge in [-0.3, -0.25) is 0 Å². The summed E-state index contributed by atoms with van der Waals surface area (Å²) in [6.45, 7) is 10.8. The first-order chi connectivity index (χ1) is 13.6. The molecule has 0 amide bonds. The van der Waals surface area contributed by atoms with Crippen molar-refractivity contribution in [3.05, 3.63) is 97.1 Å². The maximum Gasteiger partial charge on any atom is 0.0454 e. The molecule has 3 aromatic heterocycles. The highest BCUT2D eigenvalue weighted by Crippen LogP contribution is 2.41. The molecule has 0 aliphatic heterocycles. The van der Waals surface area contributed by atoms with Crippen LogP contribution in [0.1, 0.15) is 11.8 Å². The van der Waals surface area contributed by atoms with Crippen LogP contribution < -0.4 is 9.75 Å². The summed E-state index contributed by atoms with van der Waals surface area (Å²) >= 11 is 7.03. The molecule has 4 heteroatoms. The number of thiophene rings is 3. The van der Waals surface area contributed by atoms with Crippen molar-refractivity contribution in [2.45, 2.75) is 6.92 Å². The van der Waals surface area contributed by atoms with Gasteiger partial charge in [0.2, 0.25) is 0 Å². The third-order valence-electron chi connectivity index (χ3n) is 4.50. The van der Waals surface area contributed by atoms with Crippen LogP contribution in [0.3, 0.4) is 0 Å². The van der Waals surface area contributed by atoms with Crippen LogP contribution >= 0.6 is 45.8 Å². The molecular weight excluding hydrogens is 417 g/mol. The molecule has 0 N–H and O–H groups in total. The molecule has 0 fully saturated rings. The van der Waals surface area contributed by atoms with E-state index >= 15 is 0 Å². The van der Waals surface area contributed by atoms with E-state index in [1.165, 1.54) is 30.3 Å². The molecule has 1 unspecified atom stereocenters. The smallest absolute Gasteiger partial charge is 0.0454 e. The van der Waals surface area contributed by atoms with Crippen LogP contribution in [0.5, 0.6) is 0 Å². The number of thioether (sulfide) groups is 1. The fourth-order valence-corrected chi connectivity index (χ4v) is 6.57. The van der Waals surface area contributed by atoms with E-state index in [0.717, 1.165) is 9.44 Å². The lowest BCUT2D eigenvalue weighted by Gasteiger charge is -2.19. The summed E-state index contributed by atoms with van der Waals surface area (Å²) in [5.41, 5.74) is 1.33. The van der Waals surface area contributed by atoms with Crippen molar-refractivity contribution in [2.75, 3.05) is 0 Å². The van der Waals surface area contributed by atoms with Crippen molar-refractivity contribution in [2.24, 2.45) is 5.92 Å². The minimum Gasteiger partial charge on any atom is -0.143 e. The Bertz CT molecular complexity index is 1170. The van der Waals surface area contributed by atoms with E-state index in [9.17, 15) is 0 Å². The molecule has 3 heterocycles. The summed E-state index contributed by atoms with van der Waals surface area (Å²) in [5.74, 6) is 0.378.